The highest BCUT2D eigenvalue weighted by atomic mass is 79.9. The number of nitrogens with zero attached hydrogens (tertiary/aromatic N) is 3. The van der Waals surface area contributed by atoms with Crippen LogP contribution in [-0.4, -0.2) is 93.5 Å². The number of amides is 3. The number of hydrogen-bond donors (Lipinski definition) is 1. The fraction of sp³-hybridized carbons (Fsp3) is 0.459. The van der Waals surface area contributed by atoms with Gasteiger partial charge in [-0.3, -0.25) is 19.2 Å². The minimum atomic E-state index is -1.49. The topological polar surface area (TPSA) is 117 Å². The zero-order valence-electron chi connectivity index (χ0n) is 27.6. The second kappa shape index (κ2) is 13.6. The highest BCUT2D eigenvalue weighted by Gasteiger charge is 2.75. The van der Waals surface area contributed by atoms with E-state index in [-0.39, 0.29) is 30.8 Å². The Morgan fingerprint density at radius 2 is 1.62 bits per heavy atom. The molecule has 1 spiro atoms. The number of aliphatic hydroxyl groups excluding tert-OH is 1. The van der Waals surface area contributed by atoms with Gasteiger partial charge in [-0.05, 0) is 44.4 Å². The van der Waals surface area contributed by atoms with Crippen LogP contribution in [0.3, 0.4) is 0 Å². The fourth-order valence-electron chi connectivity index (χ4n) is 7.69. The van der Waals surface area contributed by atoms with Crippen molar-refractivity contribution in [1.29, 1.82) is 0 Å². The molecule has 2 aromatic carbocycles. The Hall–Kier alpha value is -3.80. The zero-order valence-corrected chi connectivity index (χ0v) is 29.2. The van der Waals surface area contributed by atoms with E-state index in [1.54, 1.807) is 22.9 Å². The van der Waals surface area contributed by atoms with Crippen molar-refractivity contribution in [2.24, 2.45) is 11.8 Å². The molecule has 0 aromatic heterocycles. The molecule has 5 bridgehead atoms. The fourth-order valence-corrected chi connectivity index (χ4v) is 8.43. The van der Waals surface area contributed by atoms with E-state index in [1.807, 2.05) is 93.6 Å². The summed E-state index contributed by atoms with van der Waals surface area (Å²) in [5.74, 6) is -3.77. The molecular formula is C37H42BrN3O7. The lowest BCUT2D eigenvalue weighted by molar-refractivity contribution is -0.164. The summed E-state index contributed by atoms with van der Waals surface area (Å²) in [6.07, 6.45) is 4.51. The van der Waals surface area contributed by atoms with E-state index < -0.39 is 66.3 Å². The number of likely N-dealkylation sites (tertiary alicyclic amines) is 1. The van der Waals surface area contributed by atoms with Crippen molar-refractivity contribution >= 4 is 39.6 Å². The average Bonchev–Trinajstić information content (AvgIpc) is 3.68. The summed E-state index contributed by atoms with van der Waals surface area (Å²) in [5, 5.41) is 10.8. The van der Waals surface area contributed by atoms with Crippen LogP contribution in [0.15, 0.2) is 83.4 Å². The maximum atomic E-state index is 14.8. The number of fused-ring (bicyclic) bond motifs is 2. The summed E-state index contributed by atoms with van der Waals surface area (Å²) in [4.78, 5) is 62.2. The molecular weight excluding hydrogens is 678 g/mol. The number of rotatable bonds is 5. The molecule has 48 heavy (non-hydrogen) atoms. The molecule has 0 saturated carbocycles. The van der Waals surface area contributed by atoms with Crippen LogP contribution >= 0.6 is 15.9 Å². The number of likely N-dealkylation sites (N-methyl/N-ethyl adjacent to an activating group) is 1. The van der Waals surface area contributed by atoms with Crippen molar-refractivity contribution in [3.8, 4) is 0 Å². The van der Waals surface area contributed by atoms with Gasteiger partial charge in [0.15, 0.2) is 0 Å². The summed E-state index contributed by atoms with van der Waals surface area (Å²) in [5.41, 5.74) is -0.133. The van der Waals surface area contributed by atoms with Crippen LogP contribution in [0.25, 0.3) is 0 Å². The Balaban J connectivity index is 1.51. The normalized spacial score (nSPS) is 32.4. The second-order valence-electron chi connectivity index (χ2n) is 13.3. The van der Waals surface area contributed by atoms with Crippen LogP contribution in [0, 0.1) is 11.8 Å². The Morgan fingerprint density at radius 1 is 0.958 bits per heavy atom. The van der Waals surface area contributed by atoms with Crippen molar-refractivity contribution in [3.63, 3.8) is 0 Å². The molecule has 10 nitrogen and oxygen atoms in total. The Bertz CT molecular complexity index is 1610. The third kappa shape index (κ3) is 5.69. The number of carbonyl (C=O) groups excluding carboxylic acids is 4. The number of allylic oxidation sites excluding steroid dienone is 1. The molecule has 0 aliphatic carbocycles. The molecule has 254 valence electrons. The molecule has 4 aliphatic rings. The van der Waals surface area contributed by atoms with Crippen LogP contribution in [-0.2, 0) is 28.7 Å². The number of ether oxygens (including phenoxy) is 2. The highest BCUT2D eigenvalue weighted by Crippen LogP contribution is 2.60. The first kappa shape index (κ1) is 34.1. The van der Waals surface area contributed by atoms with Crippen molar-refractivity contribution in [1.82, 2.24) is 14.7 Å². The van der Waals surface area contributed by atoms with Gasteiger partial charge in [-0.15, -0.1) is 0 Å². The van der Waals surface area contributed by atoms with Crippen molar-refractivity contribution < 1.29 is 33.8 Å². The number of cyclic esters (lactones) is 1. The molecule has 4 heterocycles. The summed E-state index contributed by atoms with van der Waals surface area (Å²) in [7, 11) is 1.70. The monoisotopic (exact) mass is 719 g/mol. The van der Waals surface area contributed by atoms with E-state index in [9.17, 15) is 24.3 Å². The van der Waals surface area contributed by atoms with Crippen LogP contribution in [0.5, 0.6) is 0 Å². The van der Waals surface area contributed by atoms with E-state index in [0.717, 1.165) is 0 Å². The van der Waals surface area contributed by atoms with Crippen LogP contribution in [0.4, 0.5) is 0 Å². The lowest BCUT2D eigenvalue weighted by atomic mass is 9.74. The highest BCUT2D eigenvalue weighted by molar-refractivity contribution is 9.11. The summed E-state index contributed by atoms with van der Waals surface area (Å²) < 4.78 is 13.5. The van der Waals surface area contributed by atoms with Gasteiger partial charge in [-0.25, -0.2) is 0 Å². The Kier molecular flexibility index (Phi) is 9.66. The van der Waals surface area contributed by atoms with Gasteiger partial charge in [0.05, 0.1) is 24.6 Å². The van der Waals surface area contributed by atoms with Gasteiger partial charge in [0.2, 0.25) is 17.7 Å². The summed E-state index contributed by atoms with van der Waals surface area (Å²) in [6.45, 7) is 5.43. The molecule has 2 fully saturated rings. The lowest BCUT2D eigenvalue weighted by Gasteiger charge is -2.40. The van der Waals surface area contributed by atoms with Gasteiger partial charge in [-0.2, -0.15) is 0 Å². The Labute approximate surface area is 289 Å². The van der Waals surface area contributed by atoms with Crippen molar-refractivity contribution in [2.75, 3.05) is 20.2 Å². The molecule has 0 radical (unpaired) electrons. The average molecular weight is 721 g/mol. The summed E-state index contributed by atoms with van der Waals surface area (Å²) >= 11 is 3.61. The minimum absolute atomic E-state index is 0.112. The molecule has 3 amide bonds. The predicted octanol–water partition coefficient (Wildman–Crippen LogP) is 4.31. The first-order valence-corrected chi connectivity index (χ1v) is 17.3. The SMILES string of the molecule is CC(C)N1C/C=C\CCC(=O)N(C)[C@@H](C)[C@H](c2ccccc2)OC(=O)[C@H]2[C@@H]3O[C@@]4(C=C3Br)[C@@H]2C(=O)N([C@H](CO)c2ccccc2)[C@@H]4C1=O. The number of benzene rings is 2. The van der Waals surface area contributed by atoms with Crippen molar-refractivity contribution in [2.45, 2.75) is 75.6 Å². The molecule has 0 unspecified atom stereocenters. The first-order chi connectivity index (χ1) is 23.0. The quantitative estimate of drug-likeness (QED) is 0.362. The first-order valence-electron chi connectivity index (χ1n) is 16.5. The van der Waals surface area contributed by atoms with Crippen molar-refractivity contribution in [3.05, 3.63) is 94.5 Å². The largest absolute Gasteiger partial charge is 0.455 e. The van der Waals surface area contributed by atoms with Gasteiger partial charge in [0.25, 0.3) is 0 Å². The molecule has 1 N–H and O–H groups in total. The van der Waals surface area contributed by atoms with Gasteiger partial charge in [0.1, 0.15) is 29.8 Å². The maximum absolute atomic E-state index is 14.8. The second-order valence-corrected chi connectivity index (χ2v) is 14.2. The van der Waals surface area contributed by atoms with Gasteiger partial charge >= 0.3 is 5.97 Å². The van der Waals surface area contributed by atoms with Crippen LogP contribution < -0.4 is 0 Å². The third-order valence-corrected chi connectivity index (χ3v) is 11.0. The number of hydrogen-bond acceptors (Lipinski definition) is 7. The Morgan fingerprint density at radius 3 is 2.27 bits per heavy atom. The standard InChI is InChI=1S/C37H42BrN3O7/c1-22(2)40-19-13-7-12-18-28(43)39(4)23(3)31(25-16-10-6-11-17-25)47-36(46)29-30-34(44)41(27(21-42)24-14-8-5-9-15-24)33(35(40)45)37(30)20-26(38)32(29)48-37/h5-11,13-17,20,22-23,27,29-33,42H,12,18-19,21H2,1-4H3/b13-7-/t23-,27+,29+,30-,31+,32+,33+,37-/m0/s1. The smallest absolute Gasteiger partial charge is 0.313 e. The summed E-state index contributed by atoms with van der Waals surface area (Å²) in [6, 6.07) is 15.5. The molecule has 4 aliphatic heterocycles. The minimum Gasteiger partial charge on any atom is -0.455 e. The van der Waals surface area contributed by atoms with Gasteiger partial charge < -0.3 is 29.3 Å². The maximum Gasteiger partial charge on any atom is 0.313 e. The number of aliphatic hydroxyl groups is 1. The number of esters is 1. The van der Waals surface area contributed by atoms with Gasteiger partial charge in [-0.1, -0.05) is 88.7 Å². The van der Waals surface area contributed by atoms with Crippen LogP contribution in [0.2, 0.25) is 0 Å². The third-order valence-electron chi connectivity index (χ3n) is 10.3. The number of carbonyl (C=O) groups is 4. The number of halogens is 1. The molecule has 6 rings (SSSR count). The van der Waals surface area contributed by atoms with E-state index in [0.29, 0.717) is 22.0 Å². The molecule has 11 heteroatoms. The van der Waals surface area contributed by atoms with Crippen LogP contribution in [0.1, 0.15) is 56.9 Å². The predicted molar refractivity (Wildman–Crippen MR) is 181 cm³/mol. The molecule has 8 atom stereocenters. The van der Waals surface area contributed by atoms with Gasteiger partial charge in [0, 0.05) is 30.5 Å². The molecule has 2 saturated heterocycles. The molecule has 2 aromatic rings. The zero-order chi connectivity index (χ0) is 34.3. The van der Waals surface area contributed by atoms with E-state index >= 15 is 0 Å². The van der Waals surface area contributed by atoms with E-state index in [1.165, 1.54) is 4.90 Å². The van der Waals surface area contributed by atoms with E-state index in [4.69, 9.17) is 9.47 Å². The lowest BCUT2D eigenvalue weighted by Crippen LogP contribution is -2.58. The van der Waals surface area contributed by atoms with E-state index in [2.05, 4.69) is 15.9 Å².